The van der Waals surface area contributed by atoms with Crippen molar-refractivity contribution < 1.29 is 14.6 Å². The molecule has 0 saturated carbocycles. The van der Waals surface area contributed by atoms with E-state index >= 15 is 0 Å². The van der Waals surface area contributed by atoms with Crippen molar-refractivity contribution in [1.29, 1.82) is 0 Å². The molecule has 3 N–H and O–H groups in total. The second kappa shape index (κ2) is 2.41. The van der Waals surface area contributed by atoms with Gasteiger partial charge in [-0.25, -0.2) is 0 Å². The molecule has 4 nitrogen and oxygen atoms in total. The van der Waals surface area contributed by atoms with E-state index in [9.17, 15) is 0 Å². The Labute approximate surface area is 47.2 Å². The van der Waals surface area contributed by atoms with Gasteiger partial charge in [0.05, 0.1) is 13.2 Å². The Kier molecular flexibility index (Phi) is 1.80. The molecule has 1 aliphatic rings. The molecule has 4 heteroatoms. The van der Waals surface area contributed by atoms with Crippen molar-refractivity contribution in [2.24, 2.45) is 5.73 Å². The number of ether oxygens (including phenoxy) is 2. The van der Waals surface area contributed by atoms with Gasteiger partial charge in [0, 0.05) is 0 Å². The molecule has 1 heterocycles. The summed E-state index contributed by atoms with van der Waals surface area (Å²) in [6, 6.07) is 0. The van der Waals surface area contributed by atoms with Crippen LogP contribution in [-0.4, -0.2) is 30.8 Å². The smallest absolute Gasteiger partial charge is 0.210 e. The lowest BCUT2D eigenvalue weighted by Crippen LogP contribution is -2.24. The van der Waals surface area contributed by atoms with E-state index in [1.54, 1.807) is 0 Å². The fraction of sp³-hybridized carbons (Fsp3) is 1.00. The van der Waals surface area contributed by atoms with Crippen LogP contribution in [0.4, 0.5) is 0 Å². The first-order valence-electron chi connectivity index (χ1n) is 2.46. The molecule has 2 atom stereocenters. The normalized spacial score (nSPS) is 30.0. The molecule has 0 bridgehead atoms. The first-order chi connectivity index (χ1) is 3.79. The lowest BCUT2D eigenvalue weighted by Gasteiger charge is -2.01. The third-order valence-electron chi connectivity index (χ3n) is 0.855. The molecule has 0 aromatic rings. The lowest BCUT2D eigenvalue weighted by molar-refractivity contribution is -0.0973. The zero-order valence-electron chi connectivity index (χ0n) is 4.41. The molecular weight excluding hydrogens is 110 g/mol. The Morgan fingerprint density at radius 1 is 2.00 bits per heavy atom. The Hall–Kier alpha value is -0.160. The molecule has 8 heavy (non-hydrogen) atoms. The van der Waals surface area contributed by atoms with Gasteiger partial charge in [0.1, 0.15) is 6.10 Å². The third kappa shape index (κ3) is 2.23. The summed E-state index contributed by atoms with van der Waals surface area (Å²) < 4.78 is 9.34. The highest BCUT2D eigenvalue weighted by Gasteiger charge is 2.22. The van der Waals surface area contributed by atoms with Gasteiger partial charge in [0.2, 0.25) is 6.41 Å². The Balaban J connectivity index is 1.87. The molecule has 1 fully saturated rings. The van der Waals surface area contributed by atoms with E-state index in [2.05, 4.69) is 4.74 Å². The van der Waals surface area contributed by atoms with Gasteiger partial charge in [0.15, 0.2) is 0 Å². The quantitative estimate of drug-likeness (QED) is 0.355. The third-order valence-corrected chi connectivity index (χ3v) is 0.855. The minimum atomic E-state index is -1.15. The highest BCUT2D eigenvalue weighted by molar-refractivity contribution is 4.66. The molecule has 2 unspecified atom stereocenters. The molecule has 0 radical (unpaired) electrons. The number of epoxide rings is 1. The zero-order valence-corrected chi connectivity index (χ0v) is 4.41. The molecule has 0 aromatic heterocycles. The van der Waals surface area contributed by atoms with Crippen LogP contribution in [-0.2, 0) is 9.47 Å². The maximum atomic E-state index is 8.33. The van der Waals surface area contributed by atoms with Crippen LogP contribution in [0.1, 0.15) is 0 Å². The predicted molar refractivity (Wildman–Crippen MR) is 25.9 cm³/mol. The minimum absolute atomic E-state index is 0.174. The maximum Gasteiger partial charge on any atom is 0.210 e. The van der Waals surface area contributed by atoms with E-state index in [1.807, 2.05) is 0 Å². The summed E-state index contributed by atoms with van der Waals surface area (Å²) in [5, 5.41) is 8.33. The van der Waals surface area contributed by atoms with Gasteiger partial charge in [-0.3, -0.25) is 5.73 Å². The monoisotopic (exact) mass is 119 g/mol. The molecule has 0 amide bonds. The van der Waals surface area contributed by atoms with Gasteiger partial charge in [-0.15, -0.1) is 0 Å². The van der Waals surface area contributed by atoms with Gasteiger partial charge in [0.25, 0.3) is 0 Å². The van der Waals surface area contributed by atoms with Crippen LogP contribution in [0, 0.1) is 0 Å². The van der Waals surface area contributed by atoms with Crippen LogP contribution in [0.5, 0.6) is 0 Å². The van der Waals surface area contributed by atoms with Crippen LogP contribution < -0.4 is 5.73 Å². The molecule has 0 aliphatic carbocycles. The molecular formula is C4H9NO3. The second-order valence-corrected chi connectivity index (χ2v) is 1.68. The molecule has 1 rings (SSSR count). The van der Waals surface area contributed by atoms with Gasteiger partial charge in [-0.1, -0.05) is 0 Å². The highest BCUT2D eigenvalue weighted by atomic mass is 16.6. The van der Waals surface area contributed by atoms with E-state index < -0.39 is 6.41 Å². The summed E-state index contributed by atoms with van der Waals surface area (Å²) in [5.74, 6) is 0. The zero-order chi connectivity index (χ0) is 5.98. The van der Waals surface area contributed by atoms with E-state index in [1.165, 1.54) is 0 Å². The summed E-state index contributed by atoms with van der Waals surface area (Å²) in [5.41, 5.74) is 4.85. The fourth-order valence-corrected chi connectivity index (χ4v) is 0.370. The van der Waals surface area contributed by atoms with E-state index in [-0.39, 0.29) is 6.10 Å². The first-order valence-corrected chi connectivity index (χ1v) is 2.46. The first kappa shape index (κ1) is 5.97. The standard InChI is InChI=1S/C4H9NO3/c5-4(6)8-2-3-1-7-3/h3-4,6H,1-2,5H2. The molecule has 0 aromatic carbocycles. The topological polar surface area (TPSA) is 68.0 Å². The largest absolute Gasteiger partial charge is 0.371 e. The average molecular weight is 119 g/mol. The van der Waals surface area contributed by atoms with Gasteiger partial charge >= 0.3 is 0 Å². The Morgan fingerprint density at radius 2 is 2.62 bits per heavy atom. The van der Waals surface area contributed by atoms with Gasteiger partial charge < -0.3 is 14.6 Å². The van der Waals surface area contributed by atoms with Crippen LogP contribution in [0.15, 0.2) is 0 Å². The lowest BCUT2D eigenvalue weighted by atomic mass is 10.5. The second-order valence-electron chi connectivity index (χ2n) is 1.68. The summed E-state index contributed by atoms with van der Waals surface area (Å²) >= 11 is 0. The summed E-state index contributed by atoms with van der Waals surface area (Å²) in [6.45, 7) is 1.13. The minimum Gasteiger partial charge on any atom is -0.371 e. The maximum absolute atomic E-state index is 8.33. The number of aliphatic hydroxyl groups excluding tert-OH is 1. The number of nitrogens with two attached hydrogens (primary N) is 1. The van der Waals surface area contributed by atoms with Crippen molar-refractivity contribution in [3.63, 3.8) is 0 Å². The summed E-state index contributed by atoms with van der Waals surface area (Å²) in [7, 11) is 0. The SMILES string of the molecule is NC(O)OCC1CO1. The van der Waals surface area contributed by atoms with Crippen molar-refractivity contribution >= 4 is 0 Å². The molecule has 0 spiro atoms. The van der Waals surface area contributed by atoms with Crippen molar-refractivity contribution in [3.05, 3.63) is 0 Å². The number of hydrogen-bond donors (Lipinski definition) is 2. The molecule has 1 aliphatic heterocycles. The molecule has 1 saturated heterocycles. The predicted octanol–water partition coefficient (Wildman–Crippen LogP) is -1.36. The Bertz CT molecular complexity index is 69.7. The molecule has 48 valence electrons. The Morgan fingerprint density at radius 3 is 3.00 bits per heavy atom. The van der Waals surface area contributed by atoms with E-state index in [0.717, 1.165) is 6.61 Å². The fourth-order valence-electron chi connectivity index (χ4n) is 0.370. The number of rotatable bonds is 3. The highest BCUT2D eigenvalue weighted by Crippen LogP contribution is 2.08. The van der Waals surface area contributed by atoms with Crippen molar-refractivity contribution in [3.8, 4) is 0 Å². The van der Waals surface area contributed by atoms with Crippen LogP contribution in [0.25, 0.3) is 0 Å². The van der Waals surface area contributed by atoms with Crippen LogP contribution in [0.2, 0.25) is 0 Å². The van der Waals surface area contributed by atoms with Crippen molar-refractivity contribution in [2.75, 3.05) is 13.2 Å². The van der Waals surface area contributed by atoms with Gasteiger partial charge in [-0.2, -0.15) is 0 Å². The van der Waals surface area contributed by atoms with Crippen LogP contribution in [0.3, 0.4) is 0 Å². The van der Waals surface area contributed by atoms with Gasteiger partial charge in [-0.05, 0) is 0 Å². The van der Waals surface area contributed by atoms with E-state index in [4.69, 9.17) is 15.6 Å². The van der Waals surface area contributed by atoms with Crippen LogP contribution >= 0.6 is 0 Å². The van der Waals surface area contributed by atoms with Crippen molar-refractivity contribution in [1.82, 2.24) is 0 Å². The number of aliphatic hydroxyl groups is 1. The number of hydrogen-bond acceptors (Lipinski definition) is 4. The van der Waals surface area contributed by atoms with E-state index in [0.29, 0.717) is 6.61 Å². The summed E-state index contributed by atoms with van der Waals surface area (Å²) in [6.07, 6.45) is -0.979. The van der Waals surface area contributed by atoms with Crippen molar-refractivity contribution in [2.45, 2.75) is 12.5 Å². The summed E-state index contributed by atoms with van der Waals surface area (Å²) in [4.78, 5) is 0. The average Bonchev–Trinajstić information content (AvgIpc) is 2.41.